The van der Waals surface area contributed by atoms with Gasteiger partial charge in [-0.25, -0.2) is 0 Å². The van der Waals surface area contributed by atoms with Crippen LogP contribution in [0.4, 0.5) is 5.69 Å². The van der Waals surface area contributed by atoms with Crippen LogP contribution in [0.2, 0.25) is 5.02 Å². The maximum Gasteiger partial charge on any atom is 0.255 e. The monoisotopic (exact) mass is 393 g/mol. The number of anilines is 1. The molecule has 0 aromatic heterocycles. The largest absolute Gasteiger partial charge is 0.338 e. The summed E-state index contributed by atoms with van der Waals surface area (Å²) in [6, 6.07) is 13.8. The van der Waals surface area contributed by atoms with E-state index in [1.165, 1.54) is 0 Å². The summed E-state index contributed by atoms with van der Waals surface area (Å²) in [5.41, 5.74) is 7.37. The van der Waals surface area contributed by atoms with Gasteiger partial charge in [0.2, 0.25) is 0 Å². The van der Waals surface area contributed by atoms with Crippen molar-refractivity contribution in [2.45, 2.75) is 18.9 Å². The Morgan fingerprint density at radius 2 is 1.65 bits per heavy atom. The molecule has 0 atom stereocenters. The summed E-state index contributed by atoms with van der Waals surface area (Å²) >= 11 is 5.85. The molecule has 138 valence electrons. The molecule has 0 unspecified atom stereocenters. The molecule has 3 rings (SSSR count). The molecule has 2 aromatic carbocycles. The van der Waals surface area contributed by atoms with Gasteiger partial charge in [0.1, 0.15) is 0 Å². The molecule has 5 nitrogen and oxygen atoms in total. The highest BCUT2D eigenvalue weighted by Crippen LogP contribution is 2.21. The lowest BCUT2D eigenvalue weighted by Gasteiger charge is -2.30. The lowest BCUT2D eigenvalue weighted by molar-refractivity contribution is 0.0716. The van der Waals surface area contributed by atoms with Gasteiger partial charge in [0.15, 0.2) is 0 Å². The van der Waals surface area contributed by atoms with Crippen molar-refractivity contribution in [3.8, 4) is 0 Å². The Morgan fingerprint density at radius 3 is 2.31 bits per heavy atom. The van der Waals surface area contributed by atoms with E-state index in [2.05, 4.69) is 5.32 Å². The zero-order valence-corrected chi connectivity index (χ0v) is 15.7. The minimum absolute atomic E-state index is 0. The van der Waals surface area contributed by atoms with Gasteiger partial charge in [-0.3, -0.25) is 9.59 Å². The van der Waals surface area contributed by atoms with Crippen LogP contribution in [0.25, 0.3) is 0 Å². The van der Waals surface area contributed by atoms with Crippen molar-refractivity contribution < 1.29 is 9.59 Å². The Kier molecular flexibility index (Phi) is 7.03. The van der Waals surface area contributed by atoms with Crippen LogP contribution in [0.1, 0.15) is 33.6 Å². The van der Waals surface area contributed by atoms with E-state index in [1.807, 2.05) is 0 Å². The van der Waals surface area contributed by atoms with Crippen LogP contribution in [0.15, 0.2) is 48.5 Å². The third-order valence-corrected chi connectivity index (χ3v) is 4.59. The van der Waals surface area contributed by atoms with E-state index in [9.17, 15) is 9.59 Å². The van der Waals surface area contributed by atoms with Crippen molar-refractivity contribution in [1.29, 1.82) is 0 Å². The Hall–Kier alpha value is -2.08. The van der Waals surface area contributed by atoms with Crippen molar-refractivity contribution in [3.63, 3.8) is 0 Å². The summed E-state index contributed by atoms with van der Waals surface area (Å²) in [5, 5.41) is 3.39. The molecule has 1 saturated heterocycles. The number of hydrogen-bond donors (Lipinski definition) is 2. The lowest BCUT2D eigenvalue weighted by Crippen LogP contribution is -2.43. The summed E-state index contributed by atoms with van der Waals surface area (Å²) in [4.78, 5) is 27.0. The molecule has 1 heterocycles. The maximum atomic E-state index is 12.8. The third kappa shape index (κ3) is 4.75. The van der Waals surface area contributed by atoms with E-state index in [4.69, 9.17) is 17.3 Å². The predicted molar refractivity (Wildman–Crippen MR) is 106 cm³/mol. The molecule has 1 aliphatic rings. The van der Waals surface area contributed by atoms with E-state index in [0.29, 0.717) is 34.9 Å². The smallest absolute Gasteiger partial charge is 0.255 e. The van der Waals surface area contributed by atoms with Crippen LogP contribution in [-0.2, 0) is 0 Å². The molecule has 2 aromatic rings. The number of nitrogens with zero attached hydrogens (tertiary/aromatic N) is 1. The number of nitrogens with one attached hydrogen (secondary N) is 1. The number of rotatable bonds is 3. The molecule has 7 heteroatoms. The molecule has 2 amide bonds. The van der Waals surface area contributed by atoms with Crippen LogP contribution in [0.3, 0.4) is 0 Å². The molecule has 0 saturated carbocycles. The van der Waals surface area contributed by atoms with Gasteiger partial charge in [-0.15, -0.1) is 12.4 Å². The third-order valence-electron chi connectivity index (χ3n) is 4.34. The summed E-state index contributed by atoms with van der Waals surface area (Å²) in [6.45, 7) is 1.28. The van der Waals surface area contributed by atoms with Gasteiger partial charge in [-0.1, -0.05) is 23.7 Å². The van der Waals surface area contributed by atoms with Crippen LogP contribution >= 0.6 is 24.0 Å². The quantitative estimate of drug-likeness (QED) is 0.836. The van der Waals surface area contributed by atoms with Crippen LogP contribution in [0, 0.1) is 0 Å². The molecule has 0 bridgehead atoms. The normalized spacial score (nSPS) is 14.5. The summed E-state index contributed by atoms with van der Waals surface area (Å²) < 4.78 is 0. The van der Waals surface area contributed by atoms with E-state index >= 15 is 0 Å². The second-order valence-electron chi connectivity index (χ2n) is 6.14. The first-order chi connectivity index (χ1) is 12.0. The lowest BCUT2D eigenvalue weighted by atomic mass is 10.0. The fourth-order valence-electron chi connectivity index (χ4n) is 2.85. The summed E-state index contributed by atoms with van der Waals surface area (Å²) in [7, 11) is 0. The van der Waals surface area contributed by atoms with E-state index in [1.54, 1.807) is 53.4 Å². The minimum Gasteiger partial charge on any atom is -0.338 e. The van der Waals surface area contributed by atoms with Crippen molar-refractivity contribution in [2.75, 3.05) is 18.4 Å². The standard InChI is InChI=1S/C19H20ClN3O2.ClH/c20-14-7-5-13(6-8-14)18(24)22-17-4-2-1-3-16(17)19(25)23-11-9-15(21)10-12-23;/h1-8,15H,9-12,21H2,(H,22,24);1H. The van der Waals surface area contributed by atoms with Crippen LogP contribution in [0.5, 0.6) is 0 Å². The molecule has 1 fully saturated rings. The molecular formula is C19H21Cl2N3O2. The molecule has 0 radical (unpaired) electrons. The number of para-hydroxylation sites is 1. The number of halogens is 2. The Bertz CT molecular complexity index is 773. The first kappa shape index (κ1) is 20.2. The first-order valence-electron chi connectivity index (χ1n) is 8.25. The number of carbonyl (C=O) groups is 2. The number of nitrogens with two attached hydrogens (primary N) is 1. The zero-order valence-electron chi connectivity index (χ0n) is 14.2. The Balaban J connectivity index is 0.00000243. The topological polar surface area (TPSA) is 75.4 Å². The van der Waals surface area contributed by atoms with Gasteiger partial charge in [0.25, 0.3) is 11.8 Å². The van der Waals surface area contributed by atoms with Gasteiger partial charge in [0.05, 0.1) is 11.3 Å². The molecule has 3 N–H and O–H groups in total. The fourth-order valence-corrected chi connectivity index (χ4v) is 2.97. The second kappa shape index (κ2) is 9.03. The highest BCUT2D eigenvalue weighted by Gasteiger charge is 2.23. The zero-order chi connectivity index (χ0) is 17.8. The van der Waals surface area contributed by atoms with Gasteiger partial charge in [0, 0.05) is 29.7 Å². The van der Waals surface area contributed by atoms with E-state index < -0.39 is 0 Å². The first-order valence-corrected chi connectivity index (χ1v) is 8.63. The predicted octanol–water partition coefficient (Wildman–Crippen LogP) is 3.58. The Labute approximate surface area is 163 Å². The second-order valence-corrected chi connectivity index (χ2v) is 6.57. The highest BCUT2D eigenvalue weighted by atomic mass is 35.5. The van der Waals surface area contributed by atoms with Gasteiger partial charge in [-0.05, 0) is 49.2 Å². The fraction of sp³-hybridized carbons (Fsp3) is 0.263. The summed E-state index contributed by atoms with van der Waals surface area (Å²) in [5.74, 6) is -0.364. The molecule has 1 aliphatic heterocycles. The maximum absolute atomic E-state index is 12.8. The van der Waals surface area contributed by atoms with Crippen molar-refractivity contribution in [1.82, 2.24) is 4.90 Å². The van der Waals surface area contributed by atoms with Crippen molar-refractivity contribution in [3.05, 3.63) is 64.7 Å². The van der Waals surface area contributed by atoms with Crippen molar-refractivity contribution >= 4 is 41.5 Å². The number of piperidine rings is 1. The van der Waals surface area contributed by atoms with Gasteiger partial charge in [-0.2, -0.15) is 0 Å². The number of hydrogen-bond acceptors (Lipinski definition) is 3. The Morgan fingerprint density at radius 1 is 1.04 bits per heavy atom. The number of benzene rings is 2. The van der Waals surface area contributed by atoms with E-state index in [-0.39, 0.29) is 30.3 Å². The molecule has 26 heavy (non-hydrogen) atoms. The average Bonchev–Trinajstić information content (AvgIpc) is 2.63. The molecular weight excluding hydrogens is 373 g/mol. The number of likely N-dealkylation sites (tertiary alicyclic amines) is 1. The molecule has 0 aliphatic carbocycles. The van der Waals surface area contributed by atoms with Gasteiger partial charge < -0.3 is 16.0 Å². The average molecular weight is 394 g/mol. The summed E-state index contributed by atoms with van der Waals surface area (Å²) in [6.07, 6.45) is 1.59. The highest BCUT2D eigenvalue weighted by molar-refractivity contribution is 6.30. The number of carbonyl (C=O) groups excluding carboxylic acids is 2. The van der Waals surface area contributed by atoms with E-state index in [0.717, 1.165) is 12.8 Å². The van der Waals surface area contributed by atoms with Gasteiger partial charge >= 0.3 is 0 Å². The molecule has 0 spiro atoms. The minimum atomic E-state index is -0.280. The van der Waals surface area contributed by atoms with Crippen LogP contribution < -0.4 is 11.1 Å². The van der Waals surface area contributed by atoms with Crippen LogP contribution in [-0.4, -0.2) is 35.8 Å². The number of amides is 2. The SMILES string of the molecule is Cl.NC1CCN(C(=O)c2ccccc2NC(=O)c2ccc(Cl)cc2)CC1. The van der Waals surface area contributed by atoms with Crippen molar-refractivity contribution in [2.24, 2.45) is 5.73 Å².